The van der Waals surface area contributed by atoms with Gasteiger partial charge < -0.3 is 10.6 Å². The van der Waals surface area contributed by atoms with E-state index in [-0.39, 0.29) is 0 Å². The summed E-state index contributed by atoms with van der Waals surface area (Å²) in [6, 6.07) is 8.71. The predicted octanol–water partition coefficient (Wildman–Crippen LogP) is 1.99. The van der Waals surface area contributed by atoms with Gasteiger partial charge in [-0.05, 0) is 24.6 Å². The van der Waals surface area contributed by atoms with E-state index in [1.165, 1.54) is 5.69 Å². The Hall–Kier alpha value is -0.540. The van der Waals surface area contributed by atoms with Crippen molar-refractivity contribution in [2.75, 3.05) is 18.0 Å². The number of hydrogen-bond acceptors (Lipinski definition) is 2. The van der Waals surface area contributed by atoms with Crippen LogP contribution in [0.4, 0.5) is 5.69 Å². The van der Waals surface area contributed by atoms with Gasteiger partial charge in [0.2, 0.25) is 0 Å². The standard InChI is InChI=1S/C10H13BrN2/c11-8-2-1-3-10(6-8)13-5-4-9(12)7-13/h1-3,6,9H,4-5,7,12H2/t9-/m0/s1. The lowest BCUT2D eigenvalue weighted by molar-refractivity contribution is 0.752. The van der Waals surface area contributed by atoms with Crippen molar-refractivity contribution in [2.24, 2.45) is 5.73 Å². The zero-order valence-electron chi connectivity index (χ0n) is 7.41. The van der Waals surface area contributed by atoms with Gasteiger partial charge in [0.05, 0.1) is 0 Å². The largest absolute Gasteiger partial charge is 0.370 e. The third-order valence-corrected chi connectivity index (χ3v) is 2.89. The van der Waals surface area contributed by atoms with Gasteiger partial charge in [-0.25, -0.2) is 0 Å². The molecule has 0 radical (unpaired) electrons. The van der Waals surface area contributed by atoms with Gasteiger partial charge in [0.25, 0.3) is 0 Å². The van der Waals surface area contributed by atoms with Crippen molar-refractivity contribution >= 4 is 21.6 Å². The Labute approximate surface area is 86.9 Å². The van der Waals surface area contributed by atoms with Gasteiger partial charge in [-0.3, -0.25) is 0 Å². The molecule has 2 nitrogen and oxygen atoms in total. The highest BCUT2D eigenvalue weighted by Gasteiger charge is 2.18. The van der Waals surface area contributed by atoms with E-state index in [1.807, 2.05) is 6.07 Å². The van der Waals surface area contributed by atoms with Crippen molar-refractivity contribution in [1.29, 1.82) is 0 Å². The molecule has 1 aliphatic rings. The Kier molecular flexibility index (Phi) is 2.56. The predicted molar refractivity (Wildman–Crippen MR) is 58.9 cm³/mol. The molecule has 0 aromatic heterocycles. The van der Waals surface area contributed by atoms with E-state index in [1.54, 1.807) is 0 Å². The summed E-state index contributed by atoms with van der Waals surface area (Å²) < 4.78 is 1.13. The molecule has 1 aromatic rings. The first-order valence-electron chi connectivity index (χ1n) is 4.52. The van der Waals surface area contributed by atoms with Crippen molar-refractivity contribution in [1.82, 2.24) is 0 Å². The maximum atomic E-state index is 5.85. The van der Waals surface area contributed by atoms with Gasteiger partial charge in [-0.1, -0.05) is 22.0 Å². The fraction of sp³-hybridized carbons (Fsp3) is 0.400. The lowest BCUT2D eigenvalue weighted by atomic mass is 10.3. The molecule has 1 saturated heterocycles. The smallest absolute Gasteiger partial charge is 0.0378 e. The van der Waals surface area contributed by atoms with Crippen LogP contribution >= 0.6 is 15.9 Å². The number of halogens is 1. The Morgan fingerprint density at radius 2 is 2.31 bits per heavy atom. The van der Waals surface area contributed by atoms with Crippen LogP contribution < -0.4 is 10.6 Å². The van der Waals surface area contributed by atoms with Crippen LogP contribution in [0, 0.1) is 0 Å². The molecule has 2 N–H and O–H groups in total. The quantitative estimate of drug-likeness (QED) is 0.814. The first-order valence-corrected chi connectivity index (χ1v) is 5.31. The van der Waals surface area contributed by atoms with Crippen LogP contribution in [0.15, 0.2) is 28.7 Å². The van der Waals surface area contributed by atoms with E-state index in [2.05, 4.69) is 39.0 Å². The summed E-state index contributed by atoms with van der Waals surface area (Å²) in [4.78, 5) is 2.33. The van der Waals surface area contributed by atoms with Gasteiger partial charge >= 0.3 is 0 Å². The second-order valence-electron chi connectivity index (χ2n) is 3.47. The number of nitrogens with zero attached hydrogens (tertiary/aromatic N) is 1. The maximum absolute atomic E-state index is 5.85. The molecule has 1 aromatic carbocycles. The molecule has 0 aliphatic carbocycles. The molecule has 0 bridgehead atoms. The third-order valence-electron chi connectivity index (χ3n) is 2.40. The third kappa shape index (κ3) is 2.03. The Bertz CT molecular complexity index is 301. The minimum atomic E-state index is 0.346. The fourth-order valence-corrected chi connectivity index (χ4v) is 2.08. The van der Waals surface area contributed by atoms with Crippen molar-refractivity contribution in [3.05, 3.63) is 28.7 Å². The molecule has 0 unspecified atom stereocenters. The minimum Gasteiger partial charge on any atom is -0.370 e. The highest BCUT2D eigenvalue weighted by Crippen LogP contribution is 2.22. The second kappa shape index (κ2) is 3.68. The van der Waals surface area contributed by atoms with Gasteiger partial charge in [-0.2, -0.15) is 0 Å². The molecule has 70 valence electrons. The van der Waals surface area contributed by atoms with Crippen molar-refractivity contribution in [3.8, 4) is 0 Å². The molecule has 0 spiro atoms. The lowest BCUT2D eigenvalue weighted by Gasteiger charge is -2.17. The molecule has 3 heteroatoms. The summed E-state index contributed by atoms with van der Waals surface area (Å²) in [5.74, 6) is 0. The SMILES string of the molecule is N[C@H]1CCN(c2cccc(Br)c2)C1. The Morgan fingerprint density at radius 1 is 1.46 bits per heavy atom. The van der Waals surface area contributed by atoms with E-state index in [4.69, 9.17) is 5.73 Å². The Balaban J connectivity index is 2.16. The number of benzene rings is 1. The summed E-state index contributed by atoms with van der Waals surface area (Å²) in [7, 11) is 0. The van der Waals surface area contributed by atoms with E-state index in [9.17, 15) is 0 Å². The molecule has 1 atom stereocenters. The topological polar surface area (TPSA) is 29.3 Å². The monoisotopic (exact) mass is 240 g/mol. The average molecular weight is 241 g/mol. The van der Waals surface area contributed by atoms with Crippen LogP contribution in [-0.2, 0) is 0 Å². The number of rotatable bonds is 1. The second-order valence-corrected chi connectivity index (χ2v) is 4.39. The van der Waals surface area contributed by atoms with Crippen molar-refractivity contribution in [3.63, 3.8) is 0 Å². The van der Waals surface area contributed by atoms with Crippen molar-refractivity contribution < 1.29 is 0 Å². The lowest BCUT2D eigenvalue weighted by Crippen LogP contribution is -2.26. The molecular formula is C10H13BrN2. The molecule has 1 fully saturated rings. The molecule has 2 rings (SSSR count). The van der Waals surface area contributed by atoms with Crippen LogP contribution in [0.3, 0.4) is 0 Å². The van der Waals surface area contributed by atoms with Crippen LogP contribution in [-0.4, -0.2) is 19.1 Å². The summed E-state index contributed by atoms with van der Waals surface area (Å²) in [5, 5.41) is 0. The zero-order valence-corrected chi connectivity index (χ0v) is 9.00. The summed E-state index contributed by atoms with van der Waals surface area (Å²) in [6.45, 7) is 2.06. The summed E-state index contributed by atoms with van der Waals surface area (Å²) in [6.07, 6.45) is 1.10. The molecular weight excluding hydrogens is 228 g/mol. The van der Waals surface area contributed by atoms with E-state index >= 15 is 0 Å². The molecule has 0 amide bonds. The normalized spacial score (nSPS) is 22.3. The number of nitrogens with two attached hydrogens (primary N) is 1. The van der Waals surface area contributed by atoms with Crippen LogP contribution in [0.2, 0.25) is 0 Å². The number of hydrogen-bond donors (Lipinski definition) is 1. The zero-order chi connectivity index (χ0) is 9.26. The fourth-order valence-electron chi connectivity index (χ4n) is 1.69. The number of anilines is 1. The van der Waals surface area contributed by atoms with E-state index < -0.39 is 0 Å². The van der Waals surface area contributed by atoms with Crippen LogP contribution in [0.1, 0.15) is 6.42 Å². The minimum absolute atomic E-state index is 0.346. The first kappa shape index (κ1) is 9.03. The van der Waals surface area contributed by atoms with Gasteiger partial charge in [-0.15, -0.1) is 0 Å². The molecule has 0 saturated carbocycles. The highest BCUT2D eigenvalue weighted by molar-refractivity contribution is 9.10. The molecule has 13 heavy (non-hydrogen) atoms. The van der Waals surface area contributed by atoms with E-state index in [0.717, 1.165) is 24.0 Å². The summed E-state index contributed by atoms with van der Waals surface area (Å²) >= 11 is 3.47. The van der Waals surface area contributed by atoms with Crippen LogP contribution in [0.25, 0.3) is 0 Å². The van der Waals surface area contributed by atoms with Crippen LogP contribution in [0.5, 0.6) is 0 Å². The molecule has 1 aliphatic heterocycles. The molecule has 1 heterocycles. The Morgan fingerprint density at radius 3 is 2.92 bits per heavy atom. The maximum Gasteiger partial charge on any atom is 0.0378 e. The van der Waals surface area contributed by atoms with E-state index in [0.29, 0.717) is 6.04 Å². The average Bonchev–Trinajstić information content (AvgIpc) is 2.52. The van der Waals surface area contributed by atoms with Gasteiger partial charge in [0, 0.05) is 29.3 Å². The highest BCUT2D eigenvalue weighted by atomic mass is 79.9. The first-order chi connectivity index (χ1) is 6.25. The van der Waals surface area contributed by atoms with Crippen molar-refractivity contribution in [2.45, 2.75) is 12.5 Å². The van der Waals surface area contributed by atoms with Gasteiger partial charge in [0.1, 0.15) is 0 Å². The van der Waals surface area contributed by atoms with Gasteiger partial charge in [0.15, 0.2) is 0 Å². The summed E-state index contributed by atoms with van der Waals surface area (Å²) in [5.41, 5.74) is 7.11.